The van der Waals surface area contributed by atoms with Crippen LogP contribution in [0.1, 0.15) is 13.3 Å². The van der Waals surface area contributed by atoms with Gasteiger partial charge in [-0.3, -0.25) is 14.4 Å². The molecule has 6 heteroatoms. The molecule has 76 valence electrons. The zero-order valence-electron chi connectivity index (χ0n) is 7.77. The molecule has 0 aliphatic heterocycles. The summed E-state index contributed by atoms with van der Waals surface area (Å²) in [6.45, 7) is 1.53. The largest absolute Gasteiger partial charge is 0.481 e. The number of carbonyl (C=O) groups is 3. The minimum absolute atomic E-state index is 0.0926. The first-order chi connectivity index (χ1) is 5.77. The first-order valence-corrected chi connectivity index (χ1v) is 3.38. The fourth-order valence-electron chi connectivity index (χ4n) is 0.129. The van der Waals surface area contributed by atoms with E-state index in [0.29, 0.717) is 0 Å². The molecule has 0 saturated carbocycles. The predicted octanol–water partition coefficient (Wildman–Crippen LogP) is -0.360. The van der Waals surface area contributed by atoms with E-state index in [-0.39, 0.29) is 5.91 Å². The molecule has 0 radical (unpaired) electrons. The van der Waals surface area contributed by atoms with Crippen LogP contribution in [0.15, 0.2) is 0 Å². The quantitative estimate of drug-likeness (QED) is 0.581. The van der Waals surface area contributed by atoms with Gasteiger partial charge in [0.05, 0.1) is 0 Å². The van der Waals surface area contributed by atoms with Crippen molar-refractivity contribution < 1.29 is 24.6 Å². The number of carboxylic acids is 2. The van der Waals surface area contributed by atoms with Gasteiger partial charge in [-0.1, -0.05) is 0 Å². The Morgan fingerprint density at radius 1 is 1.08 bits per heavy atom. The van der Waals surface area contributed by atoms with Gasteiger partial charge in [0.15, 0.2) is 0 Å². The number of hydrogen-bond donors (Lipinski definition) is 2. The van der Waals surface area contributed by atoms with Gasteiger partial charge in [-0.15, -0.1) is 0 Å². The highest BCUT2D eigenvalue weighted by Gasteiger charge is 2.01. The first kappa shape index (κ1) is 14.0. The number of rotatable bonds is 2. The number of aliphatic carboxylic acids is 2. The van der Waals surface area contributed by atoms with E-state index in [1.807, 2.05) is 0 Å². The van der Waals surface area contributed by atoms with Gasteiger partial charge in [0.25, 0.3) is 0 Å². The Balaban J connectivity index is 0. The van der Waals surface area contributed by atoms with E-state index in [2.05, 4.69) is 0 Å². The van der Waals surface area contributed by atoms with E-state index in [9.17, 15) is 14.4 Å². The number of amides is 1. The maximum Gasteiger partial charge on any atom is 0.314 e. The minimum Gasteiger partial charge on any atom is -0.481 e. The van der Waals surface area contributed by atoms with Crippen molar-refractivity contribution in [3.05, 3.63) is 0 Å². The number of carbonyl (C=O) groups excluding carboxylic acids is 1. The molecule has 0 aliphatic rings. The summed E-state index contributed by atoms with van der Waals surface area (Å²) in [6.07, 6.45) is -0.806. The van der Waals surface area contributed by atoms with Gasteiger partial charge in [-0.05, 0) is 0 Å². The maximum atomic E-state index is 10.1. The van der Waals surface area contributed by atoms with E-state index < -0.39 is 18.4 Å². The van der Waals surface area contributed by atoms with Crippen molar-refractivity contribution in [2.75, 3.05) is 14.1 Å². The standard InChI is InChI=1S/C4H9NO.C3H4O4/c1-4(6)5(2)3;4-2(5)1-3(6)7/h1-3H3;1H2,(H,4,5)(H,6,7). The van der Waals surface area contributed by atoms with Crippen LogP contribution in [0.2, 0.25) is 0 Å². The summed E-state index contributed by atoms with van der Waals surface area (Å²) in [7, 11) is 3.45. The highest BCUT2D eigenvalue weighted by atomic mass is 16.4. The van der Waals surface area contributed by atoms with Crippen LogP contribution in [0.5, 0.6) is 0 Å². The fraction of sp³-hybridized carbons (Fsp3) is 0.571. The normalized spacial score (nSPS) is 7.92. The molecule has 0 bridgehead atoms. The second-order valence-corrected chi connectivity index (χ2v) is 2.38. The summed E-state index contributed by atoms with van der Waals surface area (Å²) >= 11 is 0. The van der Waals surface area contributed by atoms with Crippen molar-refractivity contribution >= 4 is 17.8 Å². The van der Waals surface area contributed by atoms with Crippen LogP contribution in [0.25, 0.3) is 0 Å². The second-order valence-electron chi connectivity index (χ2n) is 2.38. The molecule has 0 rings (SSSR count). The number of nitrogens with zero attached hydrogens (tertiary/aromatic N) is 1. The van der Waals surface area contributed by atoms with E-state index >= 15 is 0 Å². The van der Waals surface area contributed by atoms with Crippen molar-refractivity contribution in [1.82, 2.24) is 4.90 Å². The summed E-state index contributed by atoms with van der Waals surface area (Å²) in [5.41, 5.74) is 0. The lowest BCUT2D eigenvalue weighted by molar-refractivity contribution is -0.147. The molecule has 0 aromatic rings. The lowest BCUT2D eigenvalue weighted by Gasteiger charge is -2.02. The molecule has 0 aliphatic carbocycles. The summed E-state index contributed by atoms with van der Waals surface area (Å²) < 4.78 is 0. The van der Waals surface area contributed by atoms with Gasteiger partial charge in [-0.25, -0.2) is 0 Å². The van der Waals surface area contributed by atoms with Crippen LogP contribution in [-0.2, 0) is 14.4 Å². The van der Waals surface area contributed by atoms with Gasteiger partial charge in [0, 0.05) is 21.0 Å². The molecule has 0 aromatic heterocycles. The van der Waals surface area contributed by atoms with E-state index in [4.69, 9.17) is 10.2 Å². The molecule has 0 saturated heterocycles. The SMILES string of the molecule is CC(=O)N(C)C.O=C(O)CC(=O)O. The average Bonchev–Trinajstić information content (AvgIpc) is 1.84. The highest BCUT2D eigenvalue weighted by molar-refractivity contribution is 5.88. The molecule has 1 amide bonds. The van der Waals surface area contributed by atoms with Crippen molar-refractivity contribution in [3.63, 3.8) is 0 Å². The first-order valence-electron chi connectivity index (χ1n) is 3.38. The van der Waals surface area contributed by atoms with Crippen LogP contribution in [-0.4, -0.2) is 47.1 Å². The summed E-state index contributed by atoms with van der Waals surface area (Å²) in [5, 5.41) is 15.4. The Bertz CT molecular complexity index is 187. The van der Waals surface area contributed by atoms with Crippen LogP contribution in [0.4, 0.5) is 0 Å². The third kappa shape index (κ3) is 17.9. The predicted molar refractivity (Wildman–Crippen MR) is 44.3 cm³/mol. The molecule has 2 N–H and O–H groups in total. The highest BCUT2D eigenvalue weighted by Crippen LogP contribution is 1.74. The lowest BCUT2D eigenvalue weighted by atomic mass is 10.5. The Morgan fingerprint density at radius 3 is 1.31 bits per heavy atom. The summed E-state index contributed by atoms with van der Waals surface area (Å²) in [4.78, 5) is 30.5. The van der Waals surface area contributed by atoms with Crippen molar-refractivity contribution in [3.8, 4) is 0 Å². The van der Waals surface area contributed by atoms with E-state index in [1.165, 1.54) is 11.8 Å². The van der Waals surface area contributed by atoms with Crippen LogP contribution in [0.3, 0.4) is 0 Å². The fourth-order valence-corrected chi connectivity index (χ4v) is 0.129. The van der Waals surface area contributed by atoms with Gasteiger partial charge < -0.3 is 15.1 Å². The second kappa shape index (κ2) is 7.08. The van der Waals surface area contributed by atoms with Gasteiger partial charge in [0.2, 0.25) is 5.91 Å². The minimum atomic E-state index is -1.31. The Morgan fingerprint density at radius 2 is 1.31 bits per heavy atom. The molecule has 0 fully saturated rings. The van der Waals surface area contributed by atoms with Crippen LogP contribution >= 0.6 is 0 Å². The molecule has 13 heavy (non-hydrogen) atoms. The molecule has 0 atom stereocenters. The third-order valence-corrected chi connectivity index (χ3v) is 0.932. The maximum absolute atomic E-state index is 10.1. The molecular weight excluding hydrogens is 178 g/mol. The van der Waals surface area contributed by atoms with Gasteiger partial charge in [-0.2, -0.15) is 0 Å². The molecular formula is C7H13NO5. The number of carboxylic acid groups (broad SMARTS) is 2. The van der Waals surface area contributed by atoms with E-state index in [0.717, 1.165) is 0 Å². The van der Waals surface area contributed by atoms with Crippen LogP contribution < -0.4 is 0 Å². The zero-order chi connectivity index (χ0) is 11.0. The van der Waals surface area contributed by atoms with Crippen molar-refractivity contribution in [2.24, 2.45) is 0 Å². The topological polar surface area (TPSA) is 94.9 Å². The average molecular weight is 191 g/mol. The zero-order valence-corrected chi connectivity index (χ0v) is 7.77. The monoisotopic (exact) mass is 191 g/mol. The molecule has 0 spiro atoms. The molecule has 0 heterocycles. The molecule has 0 unspecified atom stereocenters. The number of hydrogen-bond acceptors (Lipinski definition) is 3. The smallest absolute Gasteiger partial charge is 0.314 e. The van der Waals surface area contributed by atoms with Crippen molar-refractivity contribution in [1.29, 1.82) is 0 Å². The molecule has 6 nitrogen and oxygen atoms in total. The Labute approximate surface area is 75.8 Å². The van der Waals surface area contributed by atoms with Gasteiger partial charge >= 0.3 is 11.9 Å². The summed E-state index contributed by atoms with van der Waals surface area (Å²) in [6, 6.07) is 0. The van der Waals surface area contributed by atoms with E-state index in [1.54, 1.807) is 14.1 Å². The lowest BCUT2D eigenvalue weighted by Crippen LogP contribution is -2.17. The Kier molecular flexibility index (Phi) is 7.61. The summed E-state index contributed by atoms with van der Waals surface area (Å²) in [5.74, 6) is -2.53. The molecule has 0 aromatic carbocycles. The Hall–Kier alpha value is -1.59. The van der Waals surface area contributed by atoms with Crippen molar-refractivity contribution in [2.45, 2.75) is 13.3 Å². The third-order valence-electron chi connectivity index (χ3n) is 0.932. The van der Waals surface area contributed by atoms with Crippen LogP contribution in [0, 0.1) is 0 Å². The van der Waals surface area contributed by atoms with Gasteiger partial charge in [0.1, 0.15) is 6.42 Å².